The quantitative estimate of drug-likeness (QED) is 0.695. The SMILES string of the molecule is CCCCC(COC)NC1CCN(C)C1. The lowest BCUT2D eigenvalue weighted by atomic mass is 10.1. The first-order valence-corrected chi connectivity index (χ1v) is 6.19. The molecule has 15 heavy (non-hydrogen) atoms. The van der Waals surface area contributed by atoms with Crippen molar-refractivity contribution < 1.29 is 4.74 Å². The Morgan fingerprint density at radius 2 is 2.33 bits per heavy atom. The number of nitrogens with zero attached hydrogens (tertiary/aromatic N) is 1. The van der Waals surface area contributed by atoms with Crippen LogP contribution in [0.2, 0.25) is 0 Å². The van der Waals surface area contributed by atoms with Crippen LogP contribution in [-0.2, 0) is 4.74 Å². The van der Waals surface area contributed by atoms with Crippen molar-refractivity contribution in [3.8, 4) is 0 Å². The van der Waals surface area contributed by atoms with E-state index in [4.69, 9.17) is 4.74 Å². The molecule has 0 aromatic rings. The first-order chi connectivity index (χ1) is 7.26. The molecule has 1 aliphatic heterocycles. The van der Waals surface area contributed by atoms with Gasteiger partial charge in [0.15, 0.2) is 0 Å². The van der Waals surface area contributed by atoms with Crippen molar-refractivity contribution in [1.82, 2.24) is 10.2 Å². The van der Waals surface area contributed by atoms with Gasteiger partial charge < -0.3 is 15.0 Å². The summed E-state index contributed by atoms with van der Waals surface area (Å²) in [6.45, 7) is 5.50. The van der Waals surface area contributed by atoms with Gasteiger partial charge in [0.1, 0.15) is 0 Å². The zero-order valence-corrected chi connectivity index (χ0v) is 10.5. The van der Waals surface area contributed by atoms with Gasteiger partial charge >= 0.3 is 0 Å². The van der Waals surface area contributed by atoms with Crippen molar-refractivity contribution in [3.63, 3.8) is 0 Å². The number of rotatable bonds is 7. The fourth-order valence-electron chi connectivity index (χ4n) is 2.27. The van der Waals surface area contributed by atoms with E-state index in [-0.39, 0.29) is 0 Å². The number of methoxy groups -OCH3 is 1. The molecule has 1 aliphatic rings. The number of ether oxygens (including phenoxy) is 1. The zero-order chi connectivity index (χ0) is 11.1. The molecule has 0 aromatic carbocycles. The van der Waals surface area contributed by atoms with Gasteiger partial charge in [0.25, 0.3) is 0 Å². The van der Waals surface area contributed by atoms with E-state index < -0.39 is 0 Å². The maximum absolute atomic E-state index is 5.26. The molecule has 0 spiro atoms. The summed E-state index contributed by atoms with van der Waals surface area (Å²) in [5.74, 6) is 0. The summed E-state index contributed by atoms with van der Waals surface area (Å²) in [6, 6.07) is 1.22. The standard InChI is InChI=1S/C12H26N2O/c1-4-5-6-12(10-15-3)13-11-7-8-14(2)9-11/h11-13H,4-10H2,1-3H3. The number of hydrogen-bond acceptors (Lipinski definition) is 3. The van der Waals surface area contributed by atoms with Crippen molar-refractivity contribution in [1.29, 1.82) is 0 Å². The molecule has 0 aromatic heterocycles. The van der Waals surface area contributed by atoms with Crippen molar-refractivity contribution in [2.75, 3.05) is 33.9 Å². The van der Waals surface area contributed by atoms with E-state index in [0.29, 0.717) is 12.1 Å². The van der Waals surface area contributed by atoms with E-state index in [1.165, 1.54) is 38.8 Å². The Balaban J connectivity index is 2.23. The molecule has 2 atom stereocenters. The zero-order valence-electron chi connectivity index (χ0n) is 10.5. The first kappa shape index (κ1) is 12.9. The van der Waals surface area contributed by atoms with Gasteiger partial charge in [-0.1, -0.05) is 19.8 Å². The maximum Gasteiger partial charge on any atom is 0.0615 e. The lowest BCUT2D eigenvalue weighted by molar-refractivity contribution is 0.155. The Morgan fingerprint density at radius 3 is 2.87 bits per heavy atom. The Morgan fingerprint density at radius 1 is 1.53 bits per heavy atom. The second-order valence-corrected chi connectivity index (χ2v) is 4.71. The summed E-state index contributed by atoms with van der Waals surface area (Å²) in [5.41, 5.74) is 0. The third-order valence-corrected chi connectivity index (χ3v) is 3.14. The average molecular weight is 214 g/mol. The Kier molecular flexibility index (Phi) is 6.22. The van der Waals surface area contributed by atoms with Gasteiger partial charge in [0.2, 0.25) is 0 Å². The molecule has 0 bridgehead atoms. The molecule has 1 fully saturated rings. The van der Waals surface area contributed by atoms with Crippen LogP contribution in [0.15, 0.2) is 0 Å². The predicted molar refractivity (Wildman–Crippen MR) is 64.2 cm³/mol. The van der Waals surface area contributed by atoms with Crippen LogP contribution in [0.4, 0.5) is 0 Å². The van der Waals surface area contributed by atoms with Crippen LogP contribution in [0.3, 0.4) is 0 Å². The molecule has 3 heteroatoms. The Labute approximate surface area is 94.2 Å². The Hall–Kier alpha value is -0.120. The second kappa shape index (κ2) is 7.20. The molecule has 0 amide bonds. The fraction of sp³-hybridized carbons (Fsp3) is 1.00. The van der Waals surface area contributed by atoms with Crippen molar-refractivity contribution in [2.45, 2.75) is 44.7 Å². The number of likely N-dealkylation sites (tertiary alicyclic amines) is 1. The summed E-state index contributed by atoms with van der Waals surface area (Å²) in [5, 5.41) is 3.72. The van der Waals surface area contributed by atoms with Crippen molar-refractivity contribution >= 4 is 0 Å². The highest BCUT2D eigenvalue weighted by Gasteiger charge is 2.21. The van der Waals surface area contributed by atoms with E-state index in [1.54, 1.807) is 7.11 Å². The lowest BCUT2D eigenvalue weighted by Crippen LogP contribution is -2.42. The number of hydrogen-bond donors (Lipinski definition) is 1. The molecular weight excluding hydrogens is 188 g/mol. The van der Waals surface area contributed by atoms with Gasteiger partial charge in [-0.3, -0.25) is 0 Å². The van der Waals surface area contributed by atoms with Crippen molar-refractivity contribution in [2.24, 2.45) is 0 Å². The monoisotopic (exact) mass is 214 g/mol. The molecule has 1 heterocycles. The molecule has 1 saturated heterocycles. The maximum atomic E-state index is 5.26. The van der Waals surface area contributed by atoms with Gasteiger partial charge in [0, 0.05) is 25.7 Å². The predicted octanol–water partition coefficient (Wildman–Crippen LogP) is 1.49. The molecule has 0 aliphatic carbocycles. The molecule has 3 nitrogen and oxygen atoms in total. The summed E-state index contributed by atoms with van der Waals surface area (Å²) in [6.07, 6.45) is 5.09. The molecule has 2 unspecified atom stereocenters. The van der Waals surface area contributed by atoms with Crippen LogP contribution in [-0.4, -0.2) is 50.8 Å². The molecule has 1 rings (SSSR count). The third-order valence-electron chi connectivity index (χ3n) is 3.14. The van der Waals surface area contributed by atoms with Gasteiger partial charge in [-0.25, -0.2) is 0 Å². The van der Waals surface area contributed by atoms with Gasteiger partial charge in [-0.05, 0) is 26.4 Å². The lowest BCUT2D eigenvalue weighted by Gasteiger charge is -2.22. The smallest absolute Gasteiger partial charge is 0.0615 e. The fourth-order valence-corrected chi connectivity index (χ4v) is 2.27. The summed E-state index contributed by atoms with van der Waals surface area (Å²) in [7, 11) is 3.99. The van der Waals surface area contributed by atoms with E-state index in [1.807, 2.05) is 0 Å². The number of likely N-dealkylation sites (N-methyl/N-ethyl adjacent to an activating group) is 1. The molecule has 1 N–H and O–H groups in total. The minimum Gasteiger partial charge on any atom is -0.383 e. The third kappa shape index (κ3) is 4.96. The normalized spacial score (nSPS) is 24.6. The highest BCUT2D eigenvalue weighted by Crippen LogP contribution is 2.09. The topological polar surface area (TPSA) is 24.5 Å². The summed E-state index contributed by atoms with van der Waals surface area (Å²) < 4.78 is 5.26. The van der Waals surface area contributed by atoms with E-state index in [2.05, 4.69) is 24.2 Å². The van der Waals surface area contributed by atoms with Crippen LogP contribution in [0.25, 0.3) is 0 Å². The van der Waals surface area contributed by atoms with Crippen LogP contribution in [0.1, 0.15) is 32.6 Å². The molecule has 90 valence electrons. The second-order valence-electron chi connectivity index (χ2n) is 4.71. The van der Waals surface area contributed by atoms with Gasteiger partial charge in [-0.2, -0.15) is 0 Å². The Bertz CT molecular complexity index is 164. The minimum absolute atomic E-state index is 0.548. The highest BCUT2D eigenvalue weighted by atomic mass is 16.5. The molecule has 0 radical (unpaired) electrons. The largest absolute Gasteiger partial charge is 0.383 e. The molecular formula is C12H26N2O. The minimum atomic E-state index is 0.548. The van der Waals surface area contributed by atoms with Gasteiger partial charge in [-0.15, -0.1) is 0 Å². The number of unbranched alkanes of at least 4 members (excludes halogenated alkanes) is 1. The highest BCUT2D eigenvalue weighted by molar-refractivity contribution is 4.82. The summed E-state index contributed by atoms with van der Waals surface area (Å²) in [4.78, 5) is 2.39. The van der Waals surface area contributed by atoms with E-state index in [9.17, 15) is 0 Å². The van der Waals surface area contributed by atoms with E-state index in [0.717, 1.165) is 6.61 Å². The average Bonchev–Trinajstić information content (AvgIpc) is 2.61. The number of nitrogens with one attached hydrogen (secondary N) is 1. The first-order valence-electron chi connectivity index (χ1n) is 6.19. The van der Waals surface area contributed by atoms with E-state index >= 15 is 0 Å². The van der Waals surface area contributed by atoms with Crippen molar-refractivity contribution in [3.05, 3.63) is 0 Å². The summed E-state index contributed by atoms with van der Waals surface area (Å²) >= 11 is 0. The molecule has 0 saturated carbocycles. The van der Waals surface area contributed by atoms with Crippen LogP contribution in [0, 0.1) is 0 Å². The van der Waals surface area contributed by atoms with Crippen LogP contribution in [0.5, 0.6) is 0 Å². The van der Waals surface area contributed by atoms with Gasteiger partial charge in [0.05, 0.1) is 6.61 Å². The van der Waals surface area contributed by atoms with Crippen LogP contribution >= 0.6 is 0 Å². The van der Waals surface area contributed by atoms with Crippen LogP contribution < -0.4 is 5.32 Å².